The van der Waals surface area contributed by atoms with E-state index in [1.807, 2.05) is 11.9 Å². The molecule has 0 radical (unpaired) electrons. The number of likely N-dealkylation sites (N-methyl/N-ethyl adjacent to an activating group) is 1. The second kappa shape index (κ2) is 4.28. The van der Waals surface area contributed by atoms with Gasteiger partial charge in [0, 0.05) is 12.6 Å². The Hall–Kier alpha value is -0.290. The monoisotopic (exact) mass is 196 g/mol. The highest BCUT2D eigenvalue weighted by Crippen LogP contribution is 2.16. The van der Waals surface area contributed by atoms with E-state index in [-0.39, 0.29) is 12.6 Å². The van der Waals surface area contributed by atoms with Crippen molar-refractivity contribution in [3.63, 3.8) is 0 Å². The first-order chi connectivity index (χ1) is 5.99. The first-order valence-electron chi connectivity index (χ1n) is 4.51. The second-order valence-corrected chi connectivity index (χ2v) is 3.51. The van der Waals surface area contributed by atoms with Crippen LogP contribution in [0.1, 0.15) is 19.3 Å². The van der Waals surface area contributed by atoms with Crippen molar-refractivity contribution in [3.8, 4) is 0 Å². The average Bonchev–Trinajstić information content (AvgIpc) is 2.01. The van der Waals surface area contributed by atoms with E-state index in [0.29, 0.717) is 0 Å². The summed E-state index contributed by atoms with van der Waals surface area (Å²) in [5, 5.41) is 1.58. The van der Waals surface area contributed by atoms with Gasteiger partial charge in [0.15, 0.2) is 0 Å². The number of alkyl halides is 3. The van der Waals surface area contributed by atoms with Crippen molar-refractivity contribution in [2.24, 2.45) is 0 Å². The predicted octanol–water partition coefficient (Wildman–Crippen LogP) is 1.58. The SMILES string of the molecule is CN1CCCC[C@H]1CNC(F)(F)F. The van der Waals surface area contributed by atoms with E-state index in [1.165, 1.54) is 0 Å². The zero-order valence-corrected chi connectivity index (χ0v) is 7.69. The third-order valence-corrected chi connectivity index (χ3v) is 2.46. The van der Waals surface area contributed by atoms with Gasteiger partial charge < -0.3 is 4.90 Å². The van der Waals surface area contributed by atoms with Gasteiger partial charge in [0.05, 0.1) is 0 Å². The molecule has 1 saturated heterocycles. The Morgan fingerprint density at radius 2 is 2.08 bits per heavy atom. The molecular weight excluding hydrogens is 181 g/mol. The molecule has 0 aromatic heterocycles. The van der Waals surface area contributed by atoms with Gasteiger partial charge in [-0.2, -0.15) is 13.2 Å². The van der Waals surface area contributed by atoms with Crippen LogP contribution in [0.4, 0.5) is 13.2 Å². The normalized spacial score (nSPS) is 26.3. The number of nitrogens with zero attached hydrogens (tertiary/aromatic N) is 1. The maximum atomic E-state index is 11.8. The summed E-state index contributed by atoms with van der Waals surface area (Å²) in [6.45, 7) is 0.921. The molecule has 13 heavy (non-hydrogen) atoms. The largest absolute Gasteiger partial charge is 0.457 e. The molecule has 0 saturated carbocycles. The van der Waals surface area contributed by atoms with E-state index < -0.39 is 6.30 Å². The van der Waals surface area contributed by atoms with Crippen LogP contribution < -0.4 is 5.32 Å². The zero-order valence-electron chi connectivity index (χ0n) is 7.69. The molecule has 0 bridgehead atoms. The Balaban J connectivity index is 2.27. The topological polar surface area (TPSA) is 15.3 Å². The van der Waals surface area contributed by atoms with Gasteiger partial charge in [-0.05, 0) is 26.4 Å². The maximum absolute atomic E-state index is 11.8. The van der Waals surface area contributed by atoms with Gasteiger partial charge in [-0.15, -0.1) is 0 Å². The minimum Gasteiger partial charge on any atom is -0.302 e. The standard InChI is InChI=1S/C8H15F3N2/c1-13-5-3-2-4-7(13)6-12-8(9,10)11/h7,12H,2-6H2,1H3/t7-/m0/s1. The van der Waals surface area contributed by atoms with Crippen LogP contribution in [0.25, 0.3) is 0 Å². The lowest BCUT2D eigenvalue weighted by Crippen LogP contribution is -2.46. The first kappa shape index (κ1) is 10.8. The molecule has 0 aromatic carbocycles. The molecule has 0 aromatic rings. The lowest BCUT2D eigenvalue weighted by Gasteiger charge is -2.32. The van der Waals surface area contributed by atoms with E-state index >= 15 is 0 Å². The molecule has 1 aliphatic rings. The molecule has 0 unspecified atom stereocenters. The molecule has 1 heterocycles. The molecule has 1 fully saturated rings. The Kier molecular flexibility index (Phi) is 3.55. The minimum absolute atomic E-state index is 0.0139. The lowest BCUT2D eigenvalue weighted by molar-refractivity contribution is -0.159. The highest BCUT2D eigenvalue weighted by molar-refractivity contribution is 4.76. The number of rotatable bonds is 2. The van der Waals surface area contributed by atoms with Gasteiger partial charge >= 0.3 is 6.30 Å². The van der Waals surface area contributed by atoms with Crippen molar-refractivity contribution >= 4 is 0 Å². The Labute approximate surface area is 76.1 Å². The predicted molar refractivity (Wildman–Crippen MR) is 44.3 cm³/mol. The van der Waals surface area contributed by atoms with Crippen LogP contribution in [-0.4, -0.2) is 37.4 Å². The molecule has 1 aliphatic heterocycles. The van der Waals surface area contributed by atoms with Crippen LogP contribution in [0, 0.1) is 0 Å². The van der Waals surface area contributed by atoms with Crippen LogP contribution in [0.2, 0.25) is 0 Å². The highest BCUT2D eigenvalue weighted by Gasteiger charge is 2.29. The van der Waals surface area contributed by atoms with Crippen LogP contribution in [0.15, 0.2) is 0 Å². The minimum atomic E-state index is -4.24. The van der Waals surface area contributed by atoms with E-state index in [4.69, 9.17) is 0 Å². The second-order valence-electron chi connectivity index (χ2n) is 3.51. The van der Waals surface area contributed by atoms with Crippen LogP contribution >= 0.6 is 0 Å². The molecule has 0 amide bonds. The van der Waals surface area contributed by atoms with Gasteiger partial charge in [0.1, 0.15) is 0 Å². The fourth-order valence-corrected chi connectivity index (χ4v) is 1.64. The summed E-state index contributed by atoms with van der Waals surface area (Å²) < 4.78 is 35.4. The number of piperidine rings is 1. The van der Waals surface area contributed by atoms with Gasteiger partial charge in [0.2, 0.25) is 0 Å². The Bertz CT molecular complexity index is 158. The first-order valence-corrected chi connectivity index (χ1v) is 4.51. The van der Waals surface area contributed by atoms with Crippen molar-refractivity contribution < 1.29 is 13.2 Å². The van der Waals surface area contributed by atoms with Crippen molar-refractivity contribution in [1.29, 1.82) is 0 Å². The molecule has 0 aliphatic carbocycles. The molecule has 1 rings (SSSR count). The van der Waals surface area contributed by atoms with E-state index in [2.05, 4.69) is 0 Å². The smallest absolute Gasteiger partial charge is 0.302 e. The fraction of sp³-hybridized carbons (Fsp3) is 1.00. The number of hydrogen-bond acceptors (Lipinski definition) is 2. The molecular formula is C8H15F3N2. The van der Waals surface area contributed by atoms with E-state index in [9.17, 15) is 13.2 Å². The summed E-state index contributed by atoms with van der Waals surface area (Å²) in [7, 11) is 1.88. The summed E-state index contributed by atoms with van der Waals surface area (Å²) in [5.74, 6) is 0. The number of nitrogens with one attached hydrogen (secondary N) is 1. The van der Waals surface area contributed by atoms with E-state index in [0.717, 1.165) is 25.8 Å². The molecule has 1 N–H and O–H groups in total. The fourth-order valence-electron chi connectivity index (χ4n) is 1.64. The van der Waals surface area contributed by atoms with Gasteiger partial charge in [-0.1, -0.05) is 6.42 Å². The van der Waals surface area contributed by atoms with Crippen molar-refractivity contribution in [3.05, 3.63) is 0 Å². The summed E-state index contributed by atoms with van der Waals surface area (Å²) in [4.78, 5) is 1.99. The summed E-state index contributed by atoms with van der Waals surface area (Å²) in [6, 6.07) is 0.0374. The van der Waals surface area contributed by atoms with Crippen LogP contribution in [-0.2, 0) is 0 Å². The molecule has 5 heteroatoms. The van der Waals surface area contributed by atoms with Crippen molar-refractivity contribution in [2.75, 3.05) is 20.1 Å². The summed E-state index contributed by atoms with van der Waals surface area (Å²) >= 11 is 0. The van der Waals surface area contributed by atoms with Gasteiger partial charge in [-0.3, -0.25) is 0 Å². The van der Waals surface area contributed by atoms with Crippen LogP contribution in [0.3, 0.4) is 0 Å². The molecule has 2 nitrogen and oxygen atoms in total. The van der Waals surface area contributed by atoms with Gasteiger partial charge in [-0.25, -0.2) is 5.32 Å². The number of halogens is 3. The summed E-state index contributed by atoms with van der Waals surface area (Å²) in [6.07, 6.45) is -1.24. The number of likely N-dealkylation sites (tertiary alicyclic amines) is 1. The highest BCUT2D eigenvalue weighted by atomic mass is 19.4. The zero-order chi connectivity index (χ0) is 9.90. The maximum Gasteiger partial charge on any atom is 0.457 e. The van der Waals surface area contributed by atoms with Crippen LogP contribution in [0.5, 0.6) is 0 Å². The summed E-state index contributed by atoms with van der Waals surface area (Å²) in [5.41, 5.74) is 0. The molecule has 0 spiro atoms. The lowest BCUT2D eigenvalue weighted by atomic mass is 10.0. The van der Waals surface area contributed by atoms with Crippen molar-refractivity contribution in [1.82, 2.24) is 10.2 Å². The Morgan fingerprint density at radius 1 is 1.38 bits per heavy atom. The third-order valence-electron chi connectivity index (χ3n) is 2.46. The van der Waals surface area contributed by atoms with E-state index in [1.54, 1.807) is 5.32 Å². The third kappa shape index (κ3) is 3.95. The number of hydrogen-bond donors (Lipinski definition) is 1. The quantitative estimate of drug-likeness (QED) is 0.674. The molecule has 78 valence electrons. The van der Waals surface area contributed by atoms with Crippen molar-refractivity contribution in [2.45, 2.75) is 31.6 Å². The average molecular weight is 196 g/mol. The van der Waals surface area contributed by atoms with Gasteiger partial charge in [0.25, 0.3) is 0 Å². The molecule has 1 atom stereocenters. The Morgan fingerprint density at radius 3 is 2.62 bits per heavy atom.